The summed E-state index contributed by atoms with van der Waals surface area (Å²) in [5, 5.41) is 63.5. The number of urea groups is 1. The molecule has 29 heteroatoms. The zero-order chi connectivity index (χ0) is 62.5. The molecule has 0 aromatic heterocycles. The molecule has 1 aliphatic rings. The van der Waals surface area contributed by atoms with Crippen molar-refractivity contribution < 1.29 is 73.1 Å². The van der Waals surface area contributed by atoms with Crippen molar-refractivity contribution in [3.63, 3.8) is 0 Å². The van der Waals surface area contributed by atoms with Crippen molar-refractivity contribution in [2.24, 2.45) is 10.7 Å². The number of guanidine groups is 1. The largest absolute Gasteiger partial charge is 3.00 e. The molecule has 3 aromatic rings. The maximum Gasteiger partial charge on any atom is 3.00 e. The van der Waals surface area contributed by atoms with Gasteiger partial charge >= 0.3 is 31.9 Å². The Hall–Kier alpha value is -7.57. The molecule has 1 unspecified atom stereocenters. The van der Waals surface area contributed by atoms with Gasteiger partial charge in [-0.3, -0.25) is 43.6 Å². The van der Waals surface area contributed by atoms with Crippen LogP contribution in [0.5, 0.6) is 11.5 Å². The molecule has 87 heavy (non-hydrogen) atoms. The van der Waals surface area contributed by atoms with Crippen LogP contribution in [0.4, 0.5) is 4.79 Å². The van der Waals surface area contributed by atoms with Gasteiger partial charge in [0.05, 0.1) is 50.2 Å². The van der Waals surface area contributed by atoms with Crippen LogP contribution in [0, 0.1) is 0 Å². The Bertz CT molecular complexity index is 2630. The number of nitrogens with zero attached hydrogens (tertiary/aromatic N) is 5. The SMILES string of the molecule is CCC(=O)NCCNC(=O)/N=C(/N)NCCCC(NC(=O)[C@H](c1ccccc1)c1cccc(OCCCCNC(=O)CCOCCNC(=O)CN2CCN(CC(=O)[O-])CCN(CC(=O)[O-])CCN(CC(=O)[O-])CC2)c1)C(=O)NCc1ccc(O)cc1.[In+3]. The number of benzene rings is 3. The summed E-state index contributed by atoms with van der Waals surface area (Å²) in [5.41, 5.74) is 7.93. The van der Waals surface area contributed by atoms with E-state index in [4.69, 9.17) is 15.2 Å². The molecule has 1 fully saturated rings. The number of carboxylic acids is 3. The Kier molecular flexibility index (Phi) is 35.8. The Morgan fingerprint density at radius 3 is 1.72 bits per heavy atom. The first kappa shape index (κ1) is 73.7. The number of ether oxygens (including phenoxy) is 2. The number of hydrogen-bond acceptors (Lipinski definition) is 19. The minimum Gasteiger partial charge on any atom is -0.549 e. The Labute approximate surface area is 525 Å². The number of hydrogen-bond donors (Lipinski definition) is 9. The second kappa shape index (κ2) is 42.3. The number of aliphatic imine (C=N–C) groups is 1. The van der Waals surface area contributed by atoms with Crippen molar-refractivity contribution >= 4 is 85.3 Å². The second-order valence-electron chi connectivity index (χ2n) is 20.2. The molecule has 0 radical (unpaired) electrons. The van der Waals surface area contributed by atoms with Gasteiger partial charge in [-0.15, -0.1) is 0 Å². The number of carbonyl (C=O) groups is 9. The second-order valence-corrected chi connectivity index (χ2v) is 20.2. The Balaban J connectivity index is 0.0000198. The van der Waals surface area contributed by atoms with E-state index in [9.17, 15) is 63.6 Å². The average Bonchev–Trinajstić information content (AvgIpc) is 1.84. The zero-order valence-corrected chi connectivity index (χ0v) is 52.6. The summed E-state index contributed by atoms with van der Waals surface area (Å²) in [6, 6.07) is 20.8. The third-order valence-electron chi connectivity index (χ3n) is 13.4. The summed E-state index contributed by atoms with van der Waals surface area (Å²) in [5.74, 6) is -6.02. The summed E-state index contributed by atoms with van der Waals surface area (Å²) in [6.45, 7) is 3.79. The number of aromatic hydroxyl groups is 1. The van der Waals surface area contributed by atoms with E-state index in [0.29, 0.717) is 55.7 Å². The number of nitrogens with one attached hydrogen (secondary N) is 7. The van der Waals surface area contributed by atoms with Gasteiger partial charge in [-0.05, 0) is 66.6 Å². The van der Waals surface area contributed by atoms with Crippen molar-refractivity contribution in [1.82, 2.24) is 56.8 Å². The van der Waals surface area contributed by atoms with Crippen LogP contribution in [-0.4, -0.2) is 247 Å². The topological polar surface area (TPSA) is 397 Å². The standard InChI is InChI=1S/C58H85N13O15.In/c1-2-48(73)61-22-23-64-58(84)67-57(59)63-21-9-14-47(55(82)65-37-42-15-17-45(72)18-16-42)66-56(83)54(43-10-4-3-5-11-43)44-12-8-13-46(36-44)86-33-7-6-20-60-49(74)19-34-85-35-24-62-50(75)38-68-25-27-69(39-51(76)77)29-31-71(41-53(80)81)32-30-70(28-26-68)40-52(78)79;/h3-5,8,10-13,15-18,36,47,54,72H,2,6-7,9,14,19-35,37-41H2,1H3,(H,60,74)(H,61,73)(H,62,75)(H,65,82)(H,66,83)(H,76,77)(H,78,79)(H,80,81)(H4,59,63,64,67,84);/q;+3/p-3/t47?,54-;/m1./s1. The van der Waals surface area contributed by atoms with Gasteiger partial charge in [0.25, 0.3) is 0 Å². The van der Waals surface area contributed by atoms with E-state index in [-0.39, 0.29) is 173 Å². The number of amides is 7. The number of nitrogens with two attached hydrogens (primary N) is 1. The van der Waals surface area contributed by atoms with Crippen molar-refractivity contribution in [3.05, 3.63) is 95.6 Å². The molecular weight excluding hydrogens is 1230 g/mol. The molecule has 28 nitrogen and oxygen atoms in total. The molecule has 7 amide bonds. The smallest absolute Gasteiger partial charge is 0.549 e. The van der Waals surface area contributed by atoms with Crippen molar-refractivity contribution in [1.29, 1.82) is 0 Å². The van der Waals surface area contributed by atoms with Gasteiger partial charge in [0.15, 0.2) is 5.96 Å². The zero-order valence-electron chi connectivity index (χ0n) is 49.3. The first-order valence-corrected chi connectivity index (χ1v) is 28.7. The monoisotopic (exact) mass is 1320 g/mol. The predicted molar refractivity (Wildman–Crippen MR) is 315 cm³/mol. The van der Waals surface area contributed by atoms with E-state index in [1.165, 1.54) is 12.1 Å². The molecule has 2 atom stereocenters. The fraction of sp³-hybridized carbons (Fsp3) is 0.517. The molecule has 0 saturated carbocycles. The molecule has 0 aliphatic carbocycles. The molecule has 1 heterocycles. The molecule has 472 valence electrons. The van der Waals surface area contributed by atoms with Crippen molar-refractivity contribution in [3.8, 4) is 11.5 Å². The van der Waals surface area contributed by atoms with Crippen LogP contribution in [0.2, 0.25) is 0 Å². The van der Waals surface area contributed by atoms with Crippen molar-refractivity contribution in [2.45, 2.75) is 64.0 Å². The van der Waals surface area contributed by atoms with Crippen LogP contribution in [0.3, 0.4) is 0 Å². The van der Waals surface area contributed by atoms with E-state index in [1.807, 2.05) is 30.3 Å². The first-order chi connectivity index (χ1) is 41.4. The molecular formula is C58H82InN13O15. The quantitative estimate of drug-likeness (QED) is 0.0151. The number of phenolic OH excluding ortho intramolecular Hbond substituents is 1. The van der Waals surface area contributed by atoms with Crippen molar-refractivity contribution in [2.75, 3.05) is 131 Å². The van der Waals surface area contributed by atoms with Crippen LogP contribution >= 0.6 is 0 Å². The fourth-order valence-corrected chi connectivity index (χ4v) is 8.86. The number of rotatable bonds is 35. The fourth-order valence-electron chi connectivity index (χ4n) is 8.86. The van der Waals surface area contributed by atoms with Gasteiger partial charge in [-0.1, -0.05) is 61.5 Å². The minimum atomic E-state index is -1.32. The summed E-state index contributed by atoms with van der Waals surface area (Å²) in [4.78, 5) is 122. The third kappa shape index (κ3) is 32.1. The van der Waals surface area contributed by atoms with Gasteiger partial charge in [0.2, 0.25) is 29.5 Å². The van der Waals surface area contributed by atoms with Gasteiger partial charge in [-0.25, -0.2) is 4.79 Å². The Morgan fingerprint density at radius 1 is 0.575 bits per heavy atom. The molecule has 0 spiro atoms. The van der Waals surface area contributed by atoms with Gasteiger partial charge in [0.1, 0.15) is 17.5 Å². The van der Waals surface area contributed by atoms with Gasteiger partial charge in [0, 0.05) is 124 Å². The molecule has 3 aromatic carbocycles. The Morgan fingerprint density at radius 2 is 1.13 bits per heavy atom. The molecule has 1 saturated heterocycles. The van der Waals surface area contributed by atoms with Crippen LogP contribution in [0.25, 0.3) is 0 Å². The van der Waals surface area contributed by atoms with Crippen LogP contribution in [0.1, 0.15) is 68.1 Å². The van der Waals surface area contributed by atoms with E-state index in [2.05, 4.69) is 42.2 Å². The average molecular weight is 1320 g/mol. The summed E-state index contributed by atoms with van der Waals surface area (Å²) in [6.07, 6.45) is 2.07. The van der Waals surface area contributed by atoms with Crippen LogP contribution < -0.4 is 63.0 Å². The number of carbonyl (C=O) groups excluding carboxylic acids is 9. The van der Waals surface area contributed by atoms with E-state index in [1.54, 1.807) is 62.9 Å². The summed E-state index contributed by atoms with van der Waals surface area (Å²) < 4.78 is 11.7. The van der Waals surface area contributed by atoms with E-state index >= 15 is 0 Å². The van der Waals surface area contributed by atoms with Crippen LogP contribution in [-0.2, 0) is 49.6 Å². The number of phenols is 1. The third-order valence-corrected chi connectivity index (χ3v) is 13.4. The first-order valence-electron chi connectivity index (χ1n) is 28.7. The summed E-state index contributed by atoms with van der Waals surface area (Å²) in [7, 11) is 0. The summed E-state index contributed by atoms with van der Waals surface area (Å²) >= 11 is 0. The van der Waals surface area contributed by atoms with Gasteiger partial charge < -0.3 is 87.2 Å². The molecule has 1 aliphatic heterocycles. The number of aliphatic carboxylic acids is 3. The molecule has 0 bridgehead atoms. The normalized spacial score (nSPS) is 14.5. The predicted octanol–water partition coefficient (Wildman–Crippen LogP) is -4.87. The van der Waals surface area contributed by atoms with E-state index in [0.717, 1.165) is 5.56 Å². The van der Waals surface area contributed by atoms with Crippen LogP contribution in [0.15, 0.2) is 83.9 Å². The maximum atomic E-state index is 14.4. The number of unbranched alkanes of at least 4 members (excludes halogenated alkanes) is 1. The van der Waals surface area contributed by atoms with Gasteiger partial charge in [-0.2, -0.15) is 4.99 Å². The molecule has 10 N–H and O–H groups in total. The molecule has 4 rings (SSSR count). The maximum absolute atomic E-state index is 14.4. The number of carboxylic acid groups (broad SMARTS) is 3. The minimum absolute atomic E-state index is 0. The van der Waals surface area contributed by atoms with E-state index < -0.39 is 67.3 Å².